The summed E-state index contributed by atoms with van der Waals surface area (Å²) in [5.74, 6) is 1.43. The van der Waals surface area contributed by atoms with Crippen molar-refractivity contribution in [3.05, 3.63) is 23.8 Å². The van der Waals surface area contributed by atoms with E-state index in [1.807, 2.05) is 18.2 Å². The lowest BCUT2D eigenvalue weighted by atomic mass is 10.0. The van der Waals surface area contributed by atoms with Crippen LogP contribution < -0.4 is 20.1 Å². The number of rotatable bonds is 4. The second-order valence-electron chi connectivity index (χ2n) is 4.19. The first-order chi connectivity index (χ1) is 8.74. The molecule has 1 heterocycles. The summed E-state index contributed by atoms with van der Waals surface area (Å²) in [6.07, 6.45) is 0.645. The highest BCUT2D eigenvalue weighted by molar-refractivity contribution is 5.82. The summed E-state index contributed by atoms with van der Waals surface area (Å²) in [5, 5.41) is 6.05. The van der Waals surface area contributed by atoms with E-state index in [1.54, 1.807) is 14.2 Å². The van der Waals surface area contributed by atoms with Gasteiger partial charge in [0.15, 0.2) is 11.5 Å². The number of amides is 1. The number of ether oxygens (including phenoxy) is 2. The van der Waals surface area contributed by atoms with Gasteiger partial charge in [0, 0.05) is 13.1 Å². The van der Waals surface area contributed by atoms with E-state index in [0.29, 0.717) is 24.5 Å². The van der Waals surface area contributed by atoms with Gasteiger partial charge in [0.05, 0.1) is 20.3 Å². The van der Waals surface area contributed by atoms with Crippen LogP contribution in [0.25, 0.3) is 0 Å². The van der Waals surface area contributed by atoms with Crippen molar-refractivity contribution >= 4 is 5.91 Å². The molecular formula is C13H18N2O3. The highest BCUT2D eigenvalue weighted by Crippen LogP contribution is 2.28. The highest BCUT2D eigenvalue weighted by Gasteiger charge is 2.21. The molecule has 1 atom stereocenters. The monoisotopic (exact) mass is 250 g/mol. The fraction of sp³-hybridized carbons (Fsp3) is 0.462. The van der Waals surface area contributed by atoms with Crippen molar-refractivity contribution in [3.63, 3.8) is 0 Å². The standard InChI is InChI=1S/C13H18N2O3/c1-17-11-4-3-9(8-12(11)18-2)7-10-13(16)15-6-5-14-10/h3-4,8,10,14H,5-7H2,1-2H3,(H,15,16). The van der Waals surface area contributed by atoms with Gasteiger partial charge in [0.1, 0.15) is 0 Å². The zero-order valence-corrected chi connectivity index (χ0v) is 10.7. The van der Waals surface area contributed by atoms with Crippen molar-refractivity contribution in [2.75, 3.05) is 27.3 Å². The molecule has 0 saturated carbocycles. The molecule has 0 radical (unpaired) electrons. The van der Waals surface area contributed by atoms with E-state index in [0.717, 1.165) is 12.1 Å². The van der Waals surface area contributed by atoms with E-state index in [4.69, 9.17) is 9.47 Å². The molecule has 1 aliphatic rings. The molecule has 1 saturated heterocycles. The van der Waals surface area contributed by atoms with E-state index in [1.165, 1.54) is 0 Å². The van der Waals surface area contributed by atoms with Crippen molar-refractivity contribution in [1.82, 2.24) is 10.6 Å². The number of hydrogen-bond acceptors (Lipinski definition) is 4. The third-order valence-corrected chi connectivity index (χ3v) is 3.02. The number of nitrogens with one attached hydrogen (secondary N) is 2. The second kappa shape index (κ2) is 5.73. The summed E-state index contributed by atoms with van der Waals surface area (Å²) in [4.78, 5) is 11.6. The van der Waals surface area contributed by atoms with Crippen LogP contribution in [-0.2, 0) is 11.2 Å². The van der Waals surface area contributed by atoms with Crippen molar-refractivity contribution < 1.29 is 14.3 Å². The third-order valence-electron chi connectivity index (χ3n) is 3.02. The summed E-state index contributed by atoms with van der Waals surface area (Å²) in [5.41, 5.74) is 1.04. The third kappa shape index (κ3) is 2.73. The maximum absolute atomic E-state index is 11.6. The Morgan fingerprint density at radius 3 is 2.67 bits per heavy atom. The Hall–Kier alpha value is -1.75. The van der Waals surface area contributed by atoms with Crippen LogP contribution in [0.4, 0.5) is 0 Å². The quantitative estimate of drug-likeness (QED) is 0.808. The molecule has 2 rings (SSSR count). The number of benzene rings is 1. The van der Waals surface area contributed by atoms with Crippen LogP contribution in [0.2, 0.25) is 0 Å². The molecule has 5 nitrogen and oxygen atoms in total. The van der Waals surface area contributed by atoms with E-state index < -0.39 is 0 Å². The first-order valence-electron chi connectivity index (χ1n) is 5.96. The molecule has 1 fully saturated rings. The van der Waals surface area contributed by atoms with Gasteiger partial charge >= 0.3 is 0 Å². The molecular weight excluding hydrogens is 232 g/mol. The maximum Gasteiger partial charge on any atom is 0.237 e. The van der Waals surface area contributed by atoms with Crippen molar-refractivity contribution in [2.24, 2.45) is 0 Å². The summed E-state index contributed by atoms with van der Waals surface area (Å²) in [6, 6.07) is 5.54. The molecule has 1 aromatic carbocycles. The van der Waals surface area contributed by atoms with Crippen molar-refractivity contribution in [3.8, 4) is 11.5 Å². The molecule has 0 bridgehead atoms. The normalized spacial score (nSPS) is 19.2. The molecule has 1 unspecified atom stereocenters. The van der Waals surface area contributed by atoms with Gasteiger partial charge in [-0.05, 0) is 24.1 Å². The van der Waals surface area contributed by atoms with Crippen molar-refractivity contribution in [1.29, 1.82) is 0 Å². The van der Waals surface area contributed by atoms with Crippen LogP contribution in [0.1, 0.15) is 5.56 Å². The summed E-state index contributed by atoms with van der Waals surface area (Å²) < 4.78 is 10.4. The predicted molar refractivity (Wildman–Crippen MR) is 68.1 cm³/mol. The van der Waals surface area contributed by atoms with Crippen LogP contribution >= 0.6 is 0 Å². The van der Waals surface area contributed by atoms with E-state index in [2.05, 4.69) is 10.6 Å². The lowest BCUT2D eigenvalue weighted by molar-refractivity contribution is -0.124. The van der Waals surface area contributed by atoms with Gasteiger partial charge in [0.2, 0.25) is 5.91 Å². The zero-order valence-electron chi connectivity index (χ0n) is 10.7. The van der Waals surface area contributed by atoms with Gasteiger partial charge in [0.25, 0.3) is 0 Å². The number of carbonyl (C=O) groups is 1. The summed E-state index contributed by atoms with van der Waals surface area (Å²) in [6.45, 7) is 1.50. The summed E-state index contributed by atoms with van der Waals surface area (Å²) >= 11 is 0. The topological polar surface area (TPSA) is 59.6 Å². The molecule has 0 aliphatic carbocycles. The Bertz CT molecular complexity index is 434. The molecule has 0 spiro atoms. The fourth-order valence-corrected chi connectivity index (χ4v) is 2.06. The molecule has 1 aliphatic heterocycles. The molecule has 98 valence electrons. The second-order valence-corrected chi connectivity index (χ2v) is 4.19. The van der Waals surface area contributed by atoms with E-state index in [9.17, 15) is 4.79 Å². The Labute approximate surface area is 106 Å². The van der Waals surface area contributed by atoms with Gasteiger partial charge in [-0.25, -0.2) is 0 Å². The zero-order chi connectivity index (χ0) is 13.0. The van der Waals surface area contributed by atoms with Crippen LogP contribution in [0.15, 0.2) is 18.2 Å². The van der Waals surface area contributed by atoms with Gasteiger partial charge in [-0.2, -0.15) is 0 Å². The molecule has 1 aromatic rings. The van der Waals surface area contributed by atoms with Crippen LogP contribution in [0.3, 0.4) is 0 Å². The average molecular weight is 250 g/mol. The first kappa shape index (κ1) is 12.7. The van der Waals surface area contributed by atoms with E-state index >= 15 is 0 Å². The van der Waals surface area contributed by atoms with Crippen molar-refractivity contribution in [2.45, 2.75) is 12.5 Å². The largest absolute Gasteiger partial charge is 0.493 e. The number of piperazine rings is 1. The molecule has 5 heteroatoms. The fourth-order valence-electron chi connectivity index (χ4n) is 2.06. The van der Waals surface area contributed by atoms with Gasteiger partial charge < -0.3 is 20.1 Å². The Morgan fingerprint density at radius 1 is 1.22 bits per heavy atom. The molecule has 0 aromatic heterocycles. The predicted octanol–water partition coefficient (Wildman–Crippen LogP) is 0.334. The van der Waals surface area contributed by atoms with Crippen LogP contribution in [0.5, 0.6) is 11.5 Å². The number of methoxy groups -OCH3 is 2. The minimum Gasteiger partial charge on any atom is -0.493 e. The minimum absolute atomic E-state index is 0.0519. The number of carbonyl (C=O) groups excluding carboxylic acids is 1. The number of hydrogen-bond donors (Lipinski definition) is 2. The summed E-state index contributed by atoms with van der Waals surface area (Å²) in [7, 11) is 3.21. The Balaban J connectivity index is 2.11. The van der Waals surface area contributed by atoms with Gasteiger partial charge in [-0.3, -0.25) is 4.79 Å². The minimum atomic E-state index is -0.170. The molecule has 2 N–H and O–H groups in total. The van der Waals surface area contributed by atoms with Crippen LogP contribution in [-0.4, -0.2) is 39.3 Å². The highest BCUT2D eigenvalue weighted by atomic mass is 16.5. The molecule has 18 heavy (non-hydrogen) atoms. The first-order valence-corrected chi connectivity index (χ1v) is 5.96. The lowest BCUT2D eigenvalue weighted by Crippen LogP contribution is -2.53. The smallest absolute Gasteiger partial charge is 0.237 e. The molecule has 1 amide bonds. The van der Waals surface area contributed by atoms with Gasteiger partial charge in [-0.15, -0.1) is 0 Å². The Morgan fingerprint density at radius 2 is 2.00 bits per heavy atom. The SMILES string of the molecule is COc1ccc(CC2NCCNC2=O)cc1OC. The van der Waals surface area contributed by atoms with Crippen LogP contribution in [0, 0.1) is 0 Å². The maximum atomic E-state index is 11.6. The Kier molecular flexibility index (Phi) is 4.04. The average Bonchev–Trinajstić information content (AvgIpc) is 2.41. The van der Waals surface area contributed by atoms with E-state index in [-0.39, 0.29) is 11.9 Å². The van der Waals surface area contributed by atoms with Gasteiger partial charge in [-0.1, -0.05) is 6.07 Å². The lowest BCUT2D eigenvalue weighted by Gasteiger charge is -2.23.